The molecule has 94 valence electrons. The zero-order chi connectivity index (χ0) is 13.1. The number of hydrogen-bond acceptors (Lipinski definition) is 4. The van der Waals surface area contributed by atoms with Gasteiger partial charge in [0, 0.05) is 22.8 Å². The molecular formula is C12H11FN2O2S. The van der Waals surface area contributed by atoms with E-state index in [-0.39, 0.29) is 5.56 Å². The number of carboxylic acid groups (broad SMARTS) is 1. The molecule has 0 aliphatic carbocycles. The number of aromatic nitrogens is 1. The Hall–Kier alpha value is -1.95. The van der Waals surface area contributed by atoms with Gasteiger partial charge in [0.2, 0.25) is 0 Å². The smallest absolute Gasteiger partial charge is 0.310 e. The molecule has 2 aromatic rings. The SMILES string of the molecule is CC(C(=O)O)c1ccc(Nc2nccs2)cc1F. The Morgan fingerprint density at radius 2 is 2.33 bits per heavy atom. The van der Waals surface area contributed by atoms with Gasteiger partial charge in [-0.3, -0.25) is 4.79 Å². The van der Waals surface area contributed by atoms with E-state index in [9.17, 15) is 9.18 Å². The summed E-state index contributed by atoms with van der Waals surface area (Å²) in [5.41, 5.74) is 0.718. The Morgan fingerprint density at radius 3 is 2.89 bits per heavy atom. The summed E-state index contributed by atoms with van der Waals surface area (Å²) < 4.78 is 13.8. The molecule has 2 rings (SSSR count). The highest BCUT2D eigenvalue weighted by atomic mass is 32.1. The Balaban J connectivity index is 2.22. The van der Waals surface area contributed by atoms with Gasteiger partial charge in [-0.25, -0.2) is 9.37 Å². The van der Waals surface area contributed by atoms with Crippen LogP contribution in [0, 0.1) is 5.82 Å². The van der Waals surface area contributed by atoms with Gasteiger partial charge in [0.05, 0.1) is 5.92 Å². The van der Waals surface area contributed by atoms with Gasteiger partial charge in [-0.15, -0.1) is 11.3 Å². The van der Waals surface area contributed by atoms with E-state index in [1.54, 1.807) is 17.6 Å². The molecule has 0 fully saturated rings. The van der Waals surface area contributed by atoms with Crippen LogP contribution in [0.15, 0.2) is 29.8 Å². The lowest BCUT2D eigenvalue weighted by atomic mass is 10.0. The Morgan fingerprint density at radius 1 is 1.56 bits per heavy atom. The summed E-state index contributed by atoms with van der Waals surface area (Å²) in [6.07, 6.45) is 1.64. The molecule has 0 amide bonds. The molecule has 1 atom stereocenters. The fourth-order valence-electron chi connectivity index (χ4n) is 1.50. The first kappa shape index (κ1) is 12.5. The summed E-state index contributed by atoms with van der Waals surface area (Å²) in [5, 5.41) is 14.3. The number of anilines is 2. The number of benzene rings is 1. The van der Waals surface area contributed by atoms with Gasteiger partial charge in [0.1, 0.15) is 5.82 Å². The number of carbonyl (C=O) groups is 1. The van der Waals surface area contributed by atoms with E-state index in [0.717, 1.165) is 0 Å². The second-order valence-corrected chi connectivity index (χ2v) is 4.65. The van der Waals surface area contributed by atoms with Gasteiger partial charge >= 0.3 is 5.97 Å². The third-order valence-corrected chi connectivity index (χ3v) is 3.21. The highest BCUT2D eigenvalue weighted by Crippen LogP contribution is 2.25. The summed E-state index contributed by atoms with van der Waals surface area (Å²) >= 11 is 1.40. The predicted molar refractivity (Wildman–Crippen MR) is 67.8 cm³/mol. The van der Waals surface area contributed by atoms with Crippen molar-refractivity contribution in [2.45, 2.75) is 12.8 Å². The van der Waals surface area contributed by atoms with E-state index in [1.165, 1.54) is 30.4 Å². The lowest BCUT2D eigenvalue weighted by Crippen LogP contribution is -2.09. The first-order chi connectivity index (χ1) is 8.58. The molecule has 1 aromatic heterocycles. The second kappa shape index (κ2) is 5.14. The van der Waals surface area contributed by atoms with Gasteiger partial charge in [-0.2, -0.15) is 0 Å². The van der Waals surface area contributed by atoms with Crippen LogP contribution >= 0.6 is 11.3 Å². The van der Waals surface area contributed by atoms with Crippen LogP contribution in [0.3, 0.4) is 0 Å². The highest BCUT2D eigenvalue weighted by molar-refractivity contribution is 7.13. The molecular weight excluding hydrogens is 255 g/mol. The van der Waals surface area contributed by atoms with E-state index >= 15 is 0 Å². The molecule has 0 bridgehead atoms. The fourth-order valence-corrected chi connectivity index (χ4v) is 2.05. The third kappa shape index (κ3) is 2.65. The highest BCUT2D eigenvalue weighted by Gasteiger charge is 2.17. The van der Waals surface area contributed by atoms with Crippen molar-refractivity contribution in [2.75, 3.05) is 5.32 Å². The van der Waals surface area contributed by atoms with Gasteiger partial charge in [-0.1, -0.05) is 6.07 Å². The maximum absolute atomic E-state index is 13.8. The molecule has 0 aliphatic heterocycles. The molecule has 1 unspecified atom stereocenters. The van der Waals surface area contributed by atoms with Crippen molar-refractivity contribution < 1.29 is 14.3 Å². The standard InChI is InChI=1S/C12H11FN2O2S/c1-7(11(16)17)9-3-2-8(6-10(9)13)15-12-14-4-5-18-12/h2-7H,1H3,(H,14,15)(H,16,17). The number of nitrogens with zero attached hydrogens (tertiary/aromatic N) is 1. The predicted octanol–water partition coefficient (Wildman–Crippen LogP) is 3.21. The van der Waals surface area contributed by atoms with Crippen molar-refractivity contribution in [1.29, 1.82) is 0 Å². The minimum atomic E-state index is -1.05. The van der Waals surface area contributed by atoms with Crippen LogP contribution in [0.4, 0.5) is 15.2 Å². The molecule has 0 spiro atoms. The van der Waals surface area contributed by atoms with E-state index in [4.69, 9.17) is 5.11 Å². The molecule has 0 aliphatic rings. The Kier molecular flexibility index (Phi) is 3.57. The van der Waals surface area contributed by atoms with Crippen LogP contribution in [0.1, 0.15) is 18.4 Å². The van der Waals surface area contributed by atoms with E-state index in [2.05, 4.69) is 10.3 Å². The number of aliphatic carboxylic acids is 1. The maximum Gasteiger partial charge on any atom is 0.310 e. The Bertz CT molecular complexity index is 557. The zero-order valence-electron chi connectivity index (χ0n) is 9.55. The number of hydrogen-bond donors (Lipinski definition) is 2. The first-order valence-corrected chi connectivity index (χ1v) is 6.14. The number of rotatable bonds is 4. The summed E-state index contributed by atoms with van der Waals surface area (Å²) in [7, 11) is 0. The van der Waals surface area contributed by atoms with Crippen molar-refractivity contribution in [2.24, 2.45) is 0 Å². The van der Waals surface area contributed by atoms with Crippen molar-refractivity contribution in [3.8, 4) is 0 Å². The molecule has 0 radical (unpaired) electrons. The number of nitrogens with one attached hydrogen (secondary N) is 1. The van der Waals surface area contributed by atoms with Crippen LogP contribution in [-0.4, -0.2) is 16.1 Å². The van der Waals surface area contributed by atoms with Crippen LogP contribution < -0.4 is 5.32 Å². The maximum atomic E-state index is 13.8. The molecule has 0 saturated heterocycles. The van der Waals surface area contributed by atoms with Gasteiger partial charge in [0.15, 0.2) is 5.13 Å². The lowest BCUT2D eigenvalue weighted by molar-refractivity contribution is -0.138. The van der Waals surface area contributed by atoms with E-state index in [1.807, 2.05) is 0 Å². The van der Waals surface area contributed by atoms with Gasteiger partial charge in [0.25, 0.3) is 0 Å². The largest absolute Gasteiger partial charge is 0.481 e. The van der Waals surface area contributed by atoms with E-state index in [0.29, 0.717) is 10.8 Å². The lowest BCUT2D eigenvalue weighted by Gasteiger charge is -2.10. The first-order valence-electron chi connectivity index (χ1n) is 5.26. The average molecular weight is 266 g/mol. The number of halogens is 1. The number of carboxylic acids is 1. The van der Waals surface area contributed by atoms with Gasteiger partial charge in [-0.05, 0) is 19.1 Å². The average Bonchev–Trinajstić information content (AvgIpc) is 2.81. The summed E-state index contributed by atoms with van der Waals surface area (Å²) in [6.45, 7) is 1.45. The monoisotopic (exact) mass is 266 g/mol. The van der Waals surface area contributed by atoms with Crippen molar-refractivity contribution in [3.05, 3.63) is 41.2 Å². The second-order valence-electron chi connectivity index (χ2n) is 3.76. The summed E-state index contributed by atoms with van der Waals surface area (Å²) in [6, 6.07) is 4.39. The summed E-state index contributed by atoms with van der Waals surface area (Å²) in [4.78, 5) is 14.8. The van der Waals surface area contributed by atoms with Crippen molar-refractivity contribution in [3.63, 3.8) is 0 Å². The molecule has 4 nitrogen and oxygen atoms in total. The van der Waals surface area contributed by atoms with Crippen LogP contribution in [-0.2, 0) is 4.79 Å². The van der Waals surface area contributed by atoms with Gasteiger partial charge < -0.3 is 10.4 Å². The quantitative estimate of drug-likeness (QED) is 0.892. The third-order valence-electron chi connectivity index (χ3n) is 2.52. The minimum Gasteiger partial charge on any atom is -0.481 e. The molecule has 0 saturated carbocycles. The Labute approximate surface area is 107 Å². The zero-order valence-corrected chi connectivity index (χ0v) is 10.4. The van der Waals surface area contributed by atoms with Crippen LogP contribution in [0.25, 0.3) is 0 Å². The minimum absolute atomic E-state index is 0.173. The molecule has 18 heavy (non-hydrogen) atoms. The van der Waals surface area contributed by atoms with Crippen LogP contribution in [0.5, 0.6) is 0 Å². The van der Waals surface area contributed by atoms with Crippen LogP contribution in [0.2, 0.25) is 0 Å². The topological polar surface area (TPSA) is 62.2 Å². The van der Waals surface area contributed by atoms with Crippen molar-refractivity contribution >= 4 is 28.1 Å². The van der Waals surface area contributed by atoms with E-state index < -0.39 is 17.7 Å². The molecule has 1 heterocycles. The number of thiazole rings is 1. The normalized spacial score (nSPS) is 12.1. The molecule has 1 aromatic carbocycles. The molecule has 6 heteroatoms. The fraction of sp³-hybridized carbons (Fsp3) is 0.167. The summed E-state index contributed by atoms with van der Waals surface area (Å²) in [5.74, 6) is -2.44. The molecule has 2 N–H and O–H groups in total. The van der Waals surface area contributed by atoms with Crippen molar-refractivity contribution in [1.82, 2.24) is 4.98 Å².